The monoisotopic (exact) mass is 465 g/mol. The largest absolute Gasteiger partial charge is 0.463 e. The molecule has 1 saturated heterocycles. The van der Waals surface area contributed by atoms with Crippen molar-refractivity contribution >= 4 is 17.3 Å². The number of hydrogen-bond acceptors (Lipinski definition) is 6. The summed E-state index contributed by atoms with van der Waals surface area (Å²) in [5.41, 5.74) is 4.17. The third-order valence-electron chi connectivity index (χ3n) is 7.12. The minimum absolute atomic E-state index is 0.399. The van der Waals surface area contributed by atoms with Gasteiger partial charge >= 0.3 is 6.09 Å². The Kier molecular flexibility index (Phi) is 6.49. The standard InChI is InChI=1S/C25H31N5O4/c1-17-23-22(18-3-9-21(10-4-18)30(33-2)25(31)32)27-24(29(23)12-11-26-17)19-5-7-20(8-6-19)28-13-15-34-16-14-28/h3-4,9-12,19-20H,5-8,13-16H2,1-2H3,(H,31,32). The van der Waals surface area contributed by atoms with Gasteiger partial charge in [0.2, 0.25) is 0 Å². The highest BCUT2D eigenvalue weighted by atomic mass is 16.7. The molecule has 2 aromatic heterocycles. The number of ether oxygens (including phenoxy) is 1. The van der Waals surface area contributed by atoms with E-state index in [0.717, 1.165) is 72.5 Å². The first-order valence-electron chi connectivity index (χ1n) is 11.9. The maximum absolute atomic E-state index is 11.4. The number of amides is 1. The Labute approximate surface area is 198 Å². The van der Waals surface area contributed by atoms with E-state index in [1.54, 1.807) is 12.1 Å². The first-order valence-corrected chi connectivity index (χ1v) is 11.9. The van der Waals surface area contributed by atoms with E-state index in [0.29, 0.717) is 17.6 Å². The van der Waals surface area contributed by atoms with Gasteiger partial charge in [0.1, 0.15) is 5.82 Å². The van der Waals surface area contributed by atoms with Crippen molar-refractivity contribution in [1.29, 1.82) is 0 Å². The molecule has 3 heterocycles. The fourth-order valence-electron chi connectivity index (χ4n) is 5.40. The molecule has 3 aromatic rings. The average Bonchev–Trinajstić information content (AvgIpc) is 3.26. The van der Waals surface area contributed by atoms with Crippen LogP contribution in [0.5, 0.6) is 0 Å². The Bertz CT molecular complexity index is 1150. The predicted molar refractivity (Wildman–Crippen MR) is 128 cm³/mol. The molecule has 1 N–H and O–H groups in total. The molecule has 2 aliphatic rings. The third kappa shape index (κ3) is 4.26. The number of aromatic nitrogens is 3. The van der Waals surface area contributed by atoms with Gasteiger partial charge in [-0.25, -0.2) is 9.78 Å². The molecule has 0 atom stereocenters. The van der Waals surface area contributed by atoms with Crippen LogP contribution in [-0.4, -0.2) is 69.9 Å². The van der Waals surface area contributed by atoms with E-state index in [-0.39, 0.29) is 0 Å². The van der Waals surface area contributed by atoms with Crippen LogP contribution in [-0.2, 0) is 9.57 Å². The number of benzene rings is 1. The molecule has 9 heteroatoms. The number of fused-ring (bicyclic) bond motifs is 1. The fourth-order valence-corrected chi connectivity index (χ4v) is 5.40. The summed E-state index contributed by atoms with van der Waals surface area (Å²) in [5, 5.41) is 10.1. The van der Waals surface area contributed by atoms with Crippen molar-refractivity contribution in [3.05, 3.63) is 48.2 Å². The molecule has 1 amide bonds. The first-order chi connectivity index (χ1) is 16.6. The average molecular weight is 466 g/mol. The van der Waals surface area contributed by atoms with Crippen LogP contribution in [0.4, 0.5) is 10.5 Å². The zero-order chi connectivity index (χ0) is 23.7. The number of anilines is 1. The number of rotatable bonds is 5. The van der Waals surface area contributed by atoms with Crippen molar-refractivity contribution in [3.63, 3.8) is 0 Å². The number of carbonyl (C=O) groups is 1. The molecular weight excluding hydrogens is 434 g/mol. The Morgan fingerprint density at radius 2 is 1.85 bits per heavy atom. The van der Waals surface area contributed by atoms with Crippen LogP contribution in [0.2, 0.25) is 0 Å². The molecular formula is C25H31N5O4. The van der Waals surface area contributed by atoms with E-state index in [1.807, 2.05) is 31.5 Å². The van der Waals surface area contributed by atoms with Gasteiger partial charge in [-0.05, 0) is 44.7 Å². The summed E-state index contributed by atoms with van der Waals surface area (Å²) in [4.78, 5) is 28.6. The molecule has 1 aliphatic carbocycles. The second-order valence-corrected chi connectivity index (χ2v) is 9.01. The number of morpholine rings is 1. The Morgan fingerprint density at radius 3 is 2.50 bits per heavy atom. The summed E-state index contributed by atoms with van der Waals surface area (Å²) in [7, 11) is 1.33. The molecule has 0 spiro atoms. The van der Waals surface area contributed by atoms with Gasteiger partial charge in [-0.3, -0.25) is 19.1 Å². The maximum Gasteiger partial charge on any atom is 0.436 e. The minimum atomic E-state index is -1.17. The topological polar surface area (TPSA) is 92.4 Å². The molecule has 1 aromatic carbocycles. The second kappa shape index (κ2) is 9.69. The molecule has 180 valence electrons. The highest BCUT2D eigenvalue weighted by Crippen LogP contribution is 2.38. The molecule has 1 aliphatic heterocycles. The first kappa shape index (κ1) is 22.8. The van der Waals surface area contributed by atoms with Gasteiger partial charge in [0.25, 0.3) is 0 Å². The second-order valence-electron chi connectivity index (χ2n) is 9.01. The third-order valence-corrected chi connectivity index (χ3v) is 7.12. The molecule has 9 nitrogen and oxygen atoms in total. The summed E-state index contributed by atoms with van der Waals surface area (Å²) < 4.78 is 7.72. The van der Waals surface area contributed by atoms with Gasteiger partial charge in [-0.2, -0.15) is 5.06 Å². The SMILES string of the molecule is CON(C(=O)O)c1ccc(-c2nc(C3CCC(N4CCOCC4)CC3)n3ccnc(C)c23)cc1. The van der Waals surface area contributed by atoms with E-state index in [9.17, 15) is 9.90 Å². The molecule has 34 heavy (non-hydrogen) atoms. The Hall–Kier alpha value is -3.01. The quantitative estimate of drug-likeness (QED) is 0.567. The van der Waals surface area contributed by atoms with Crippen molar-refractivity contribution in [2.45, 2.75) is 44.6 Å². The zero-order valence-electron chi connectivity index (χ0n) is 19.7. The van der Waals surface area contributed by atoms with E-state index >= 15 is 0 Å². The minimum Gasteiger partial charge on any atom is -0.463 e. The van der Waals surface area contributed by atoms with Crippen LogP contribution in [0, 0.1) is 6.92 Å². The van der Waals surface area contributed by atoms with Crippen LogP contribution in [0.3, 0.4) is 0 Å². The molecule has 0 radical (unpaired) electrons. The van der Waals surface area contributed by atoms with Crippen molar-refractivity contribution in [2.75, 3.05) is 38.5 Å². The highest BCUT2D eigenvalue weighted by Gasteiger charge is 2.30. The van der Waals surface area contributed by atoms with Crippen molar-refractivity contribution in [1.82, 2.24) is 19.3 Å². The summed E-state index contributed by atoms with van der Waals surface area (Å²) >= 11 is 0. The maximum atomic E-state index is 11.4. The summed E-state index contributed by atoms with van der Waals surface area (Å²) in [6.07, 6.45) is 7.25. The lowest BCUT2D eigenvalue weighted by Crippen LogP contribution is -2.44. The van der Waals surface area contributed by atoms with E-state index in [2.05, 4.69) is 14.3 Å². The van der Waals surface area contributed by atoms with Crippen LogP contribution in [0.1, 0.15) is 43.1 Å². The van der Waals surface area contributed by atoms with Gasteiger partial charge in [-0.15, -0.1) is 0 Å². The number of hydroxylamine groups is 1. The van der Waals surface area contributed by atoms with Crippen LogP contribution in [0.25, 0.3) is 16.8 Å². The number of imidazole rings is 1. The normalized spacial score (nSPS) is 21.6. The van der Waals surface area contributed by atoms with Crippen LogP contribution < -0.4 is 5.06 Å². The van der Waals surface area contributed by atoms with Gasteiger partial charge in [0, 0.05) is 43.0 Å². The molecule has 2 fully saturated rings. The van der Waals surface area contributed by atoms with Crippen molar-refractivity contribution < 1.29 is 19.5 Å². The lowest BCUT2D eigenvalue weighted by atomic mass is 9.84. The van der Waals surface area contributed by atoms with Gasteiger partial charge in [0.15, 0.2) is 0 Å². The smallest absolute Gasteiger partial charge is 0.436 e. The lowest BCUT2D eigenvalue weighted by molar-refractivity contribution is 0.00710. The Morgan fingerprint density at radius 1 is 1.15 bits per heavy atom. The van der Waals surface area contributed by atoms with E-state index in [4.69, 9.17) is 14.6 Å². The molecule has 0 bridgehead atoms. The van der Waals surface area contributed by atoms with E-state index < -0.39 is 6.09 Å². The van der Waals surface area contributed by atoms with Crippen LogP contribution >= 0.6 is 0 Å². The summed E-state index contributed by atoms with van der Waals surface area (Å²) in [6.45, 7) is 5.76. The number of hydrogen-bond donors (Lipinski definition) is 1. The van der Waals surface area contributed by atoms with E-state index in [1.165, 1.54) is 20.0 Å². The molecule has 5 rings (SSSR count). The fraction of sp³-hybridized carbons (Fsp3) is 0.480. The van der Waals surface area contributed by atoms with Gasteiger partial charge < -0.3 is 9.84 Å². The molecule has 0 unspecified atom stereocenters. The predicted octanol–water partition coefficient (Wildman–Crippen LogP) is 4.11. The van der Waals surface area contributed by atoms with Gasteiger partial charge in [-0.1, -0.05) is 12.1 Å². The van der Waals surface area contributed by atoms with Crippen molar-refractivity contribution in [2.24, 2.45) is 0 Å². The zero-order valence-corrected chi connectivity index (χ0v) is 19.7. The van der Waals surface area contributed by atoms with Crippen LogP contribution in [0.15, 0.2) is 36.7 Å². The van der Waals surface area contributed by atoms with Gasteiger partial charge in [0.05, 0.1) is 42.9 Å². The number of aryl methyl sites for hydroxylation is 1. The highest BCUT2D eigenvalue weighted by molar-refractivity contribution is 5.85. The number of carboxylic acid groups (broad SMARTS) is 1. The summed E-state index contributed by atoms with van der Waals surface area (Å²) in [5.74, 6) is 1.49. The summed E-state index contributed by atoms with van der Waals surface area (Å²) in [6, 6.07) is 7.88. The van der Waals surface area contributed by atoms with Crippen molar-refractivity contribution in [3.8, 4) is 11.3 Å². The molecule has 1 saturated carbocycles. The lowest BCUT2D eigenvalue weighted by Gasteiger charge is -2.38. The number of nitrogens with zero attached hydrogens (tertiary/aromatic N) is 5. The Balaban J connectivity index is 1.43.